The zero-order valence-electron chi connectivity index (χ0n) is 18.2. The summed E-state index contributed by atoms with van der Waals surface area (Å²) in [6.07, 6.45) is 2.01. The van der Waals surface area contributed by atoms with Gasteiger partial charge in [-0.3, -0.25) is 0 Å². The van der Waals surface area contributed by atoms with Gasteiger partial charge in [-0.25, -0.2) is 0 Å². The molecular formula is C20H36O6Si2. The van der Waals surface area contributed by atoms with Crippen molar-refractivity contribution < 1.29 is 26.6 Å². The first-order valence-corrected chi connectivity index (χ1v) is 13.6. The van der Waals surface area contributed by atoms with Gasteiger partial charge in [0.25, 0.3) is 0 Å². The molecular weight excluding hydrogens is 392 g/mol. The third-order valence-corrected chi connectivity index (χ3v) is 11.2. The fourth-order valence-corrected chi connectivity index (χ4v) is 10.1. The highest BCUT2D eigenvalue weighted by Crippen LogP contribution is 2.33. The molecule has 0 aliphatic carbocycles. The smallest absolute Gasteiger partial charge is 0.371 e. The lowest BCUT2D eigenvalue weighted by Crippen LogP contribution is -2.61. The molecule has 0 aromatic heterocycles. The fourth-order valence-electron chi connectivity index (χ4n) is 2.94. The molecule has 1 aromatic carbocycles. The van der Waals surface area contributed by atoms with Gasteiger partial charge in [-0.15, -0.1) is 0 Å². The van der Waals surface area contributed by atoms with Crippen LogP contribution >= 0.6 is 0 Å². The molecule has 160 valence electrons. The van der Waals surface area contributed by atoms with E-state index in [0.717, 1.165) is 10.4 Å². The number of rotatable bonds is 15. The average molecular weight is 429 g/mol. The Bertz CT molecular complexity index is 505. The van der Waals surface area contributed by atoms with Crippen LogP contribution in [0.1, 0.15) is 47.1 Å². The Kier molecular flexibility index (Phi) is 12.0. The van der Waals surface area contributed by atoms with Gasteiger partial charge in [-0.05, 0) is 53.2 Å². The third kappa shape index (κ3) is 6.60. The van der Waals surface area contributed by atoms with Crippen LogP contribution in [0.4, 0.5) is 0 Å². The van der Waals surface area contributed by atoms with Crippen LogP contribution in [0.5, 0.6) is 0 Å². The molecule has 1 rings (SSSR count). The van der Waals surface area contributed by atoms with E-state index in [1.165, 1.54) is 0 Å². The number of hydrogen-bond donors (Lipinski definition) is 0. The maximum absolute atomic E-state index is 6.21. The maximum Gasteiger partial charge on any atom is 0.536 e. The van der Waals surface area contributed by atoms with Crippen molar-refractivity contribution in [1.29, 1.82) is 0 Å². The normalized spacial score (nSPS) is 12.2. The molecule has 0 radical (unpaired) electrons. The largest absolute Gasteiger partial charge is 0.536 e. The van der Waals surface area contributed by atoms with Crippen molar-refractivity contribution in [3.8, 4) is 0 Å². The summed E-state index contributed by atoms with van der Waals surface area (Å²) >= 11 is 0. The van der Waals surface area contributed by atoms with Gasteiger partial charge in [0, 0.05) is 39.6 Å². The van der Waals surface area contributed by atoms with E-state index < -0.39 is 17.6 Å². The maximum atomic E-state index is 6.21. The minimum Gasteiger partial charge on any atom is -0.371 e. The van der Waals surface area contributed by atoms with E-state index in [4.69, 9.17) is 26.6 Å². The van der Waals surface area contributed by atoms with Crippen molar-refractivity contribution in [2.45, 2.75) is 41.5 Å². The van der Waals surface area contributed by atoms with Crippen LogP contribution in [0.3, 0.4) is 0 Å². The molecule has 0 amide bonds. The molecule has 0 heterocycles. The molecule has 0 unspecified atom stereocenters. The van der Waals surface area contributed by atoms with Crippen LogP contribution < -0.4 is 0 Å². The molecule has 8 heteroatoms. The Balaban J connectivity index is 3.74. The second-order valence-electron chi connectivity index (χ2n) is 5.68. The Morgan fingerprint density at radius 1 is 0.607 bits per heavy atom. The molecule has 28 heavy (non-hydrogen) atoms. The monoisotopic (exact) mass is 428 g/mol. The molecule has 0 aliphatic heterocycles. The van der Waals surface area contributed by atoms with Gasteiger partial charge in [0.05, 0.1) is 4.82 Å². The molecule has 0 saturated heterocycles. The summed E-state index contributed by atoms with van der Waals surface area (Å²) in [5.41, 5.74) is 0.990. The summed E-state index contributed by atoms with van der Waals surface area (Å²) < 4.78 is 37.3. The minimum atomic E-state index is -3.31. The lowest BCUT2D eigenvalue weighted by atomic mass is 10.2. The fraction of sp³-hybridized carbons (Fsp3) is 0.600. The lowest BCUT2D eigenvalue weighted by molar-refractivity contribution is 0.0608. The molecule has 1 aromatic rings. The van der Waals surface area contributed by atoms with Gasteiger partial charge in [0.1, 0.15) is 0 Å². The van der Waals surface area contributed by atoms with Crippen molar-refractivity contribution in [3.05, 3.63) is 40.7 Å². The van der Waals surface area contributed by atoms with E-state index in [1.54, 1.807) is 0 Å². The Hall–Kier alpha value is -0.846. The second kappa shape index (κ2) is 13.4. The van der Waals surface area contributed by atoms with E-state index in [2.05, 4.69) is 0 Å². The highest BCUT2D eigenvalue weighted by Gasteiger charge is 2.61. The van der Waals surface area contributed by atoms with Gasteiger partial charge in [0.15, 0.2) is 0 Å². The average Bonchev–Trinajstić information content (AvgIpc) is 2.68. The molecule has 0 atom stereocenters. The number of benzene rings is 1. The quantitative estimate of drug-likeness (QED) is 0.389. The molecule has 0 spiro atoms. The van der Waals surface area contributed by atoms with Crippen molar-refractivity contribution in [1.82, 2.24) is 0 Å². The minimum absolute atomic E-state index is 0.452. The topological polar surface area (TPSA) is 55.4 Å². The summed E-state index contributed by atoms with van der Waals surface area (Å²) in [7, 11) is -6.61. The Morgan fingerprint density at radius 2 is 0.929 bits per heavy atom. The van der Waals surface area contributed by atoms with Crippen LogP contribution in [0.2, 0.25) is 0 Å². The van der Waals surface area contributed by atoms with E-state index in [1.807, 2.05) is 78.0 Å². The van der Waals surface area contributed by atoms with Crippen molar-refractivity contribution in [3.63, 3.8) is 0 Å². The van der Waals surface area contributed by atoms with E-state index in [-0.39, 0.29) is 0 Å². The first-order chi connectivity index (χ1) is 13.6. The van der Waals surface area contributed by atoms with Gasteiger partial charge < -0.3 is 26.6 Å². The molecule has 0 fully saturated rings. The first-order valence-electron chi connectivity index (χ1n) is 10.2. The van der Waals surface area contributed by atoms with Crippen LogP contribution in [-0.2, 0) is 26.6 Å². The second-order valence-corrected chi connectivity index (χ2v) is 11.2. The Labute approximate surface area is 172 Å². The van der Waals surface area contributed by atoms with Gasteiger partial charge in [-0.1, -0.05) is 30.3 Å². The summed E-state index contributed by atoms with van der Waals surface area (Å²) in [4.78, 5) is 0.752. The van der Waals surface area contributed by atoms with Gasteiger partial charge in [0.2, 0.25) is 0 Å². The molecule has 0 N–H and O–H groups in total. The van der Waals surface area contributed by atoms with E-state index in [0.29, 0.717) is 39.6 Å². The summed E-state index contributed by atoms with van der Waals surface area (Å²) in [6.45, 7) is 14.3. The van der Waals surface area contributed by atoms with Crippen molar-refractivity contribution in [2.75, 3.05) is 39.6 Å². The molecule has 0 saturated carbocycles. The summed E-state index contributed by atoms with van der Waals surface area (Å²) in [5.74, 6) is 0. The van der Waals surface area contributed by atoms with Crippen LogP contribution in [0.15, 0.2) is 35.2 Å². The standard InChI is InChI=1S/C20H36O6Si2/c1-7-21-27(22-8-2,23-9-3)20(18-19-16-14-13-15-17-19)28(24-10-4,25-11-5)26-12-6/h13-18H,7-12H2,1-6H3. The number of hydrogen-bond acceptors (Lipinski definition) is 6. The van der Waals surface area contributed by atoms with E-state index >= 15 is 0 Å². The van der Waals surface area contributed by atoms with Crippen molar-refractivity contribution in [2.24, 2.45) is 0 Å². The summed E-state index contributed by atoms with van der Waals surface area (Å²) in [5, 5.41) is 0. The SMILES string of the molecule is CCO[Si](OCC)(OCC)C(=Cc1ccccc1)[Si](OCC)(OCC)OCC. The zero-order chi connectivity index (χ0) is 20.9. The van der Waals surface area contributed by atoms with Crippen LogP contribution in [0, 0.1) is 0 Å². The predicted octanol–water partition coefficient (Wildman–Crippen LogP) is 4.25. The van der Waals surface area contributed by atoms with Crippen LogP contribution in [-0.4, -0.2) is 57.3 Å². The highest BCUT2D eigenvalue weighted by atomic mass is 28.5. The van der Waals surface area contributed by atoms with Gasteiger partial charge >= 0.3 is 17.6 Å². The predicted molar refractivity (Wildman–Crippen MR) is 116 cm³/mol. The molecule has 6 nitrogen and oxygen atoms in total. The Morgan fingerprint density at radius 3 is 1.21 bits per heavy atom. The lowest BCUT2D eigenvalue weighted by Gasteiger charge is -2.38. The van der Waals surface area contributed by atoms with E-state index in [9.17, 15) is 0 Å². The third-order valence-electron chi connectivity index (χ3n) is 3.78. The summed E-state index contributed by atoms with van der Waals surface area (Å²) in [6, 6.07) is 9.99. The first kappa shape index (κ1) is 25.2. The van der Waals surface area contributed by atoms with Gasteiger partial charge in [-0.2, -0.15) is 0 Å². The van der Waals surface area contributed by atoms with Crippen LogP contribution in [0.25, 0.3) is 6.08 Å². The highest BCUT2D eigenvalue weighted by molar-refractivity contribution is 6.92. The van der Waals surface area contributed by atoms with Crippen molar-refractivity contribution >= 4 is 23.7 Å². The molecule has 0 bridgehead atoms. The molecule has 0 aliphatic rings. The zero-order valence-corrected chi connectivity index (χ0v) is 20.2.